The third-order valence-corrected chi connectivity index (χ3v) is 26.5. The van der Waals surface area contributed by atoms with Gasteiger partial charge in [0.25, 0.3) is 0 Å². The molecule has 0 saturated heterocycles. The van der Waals surface area contributed by atoms with Crippen LogP contribution in [0.2, 0.25) is 0 Å². The minimum absolute atomic E-state index is 1.04. The lowest BCUT2D eigenvalue weighted by Crippen LogP contribution is -1.95. The van der Waals surface area contributed by atoms with Gasteiger partial charge in [0.2, 0.25) is 0 Å². The molecule has 0 aliphatic heterocycles. The topological polar surface area (TPSA) is 0 Å². The molecule has 0 saturated carbocycles. The van der Waals surface area contributed by atoms with Crippen molar-refractivity contribution in [2.75, 3.05) is 0 Å². The standard InChI is InChI=1S/C124H80/c1-4-28-79(29-5-1)91-70-72-113-115(77-91)122(84-33-8-3-9-34-84)109-49-22-18-45-105(109)120(113)88-66-62-86(63-67-88)118-103-43-16-14-41-101(103)117(102-42-15-17-44-104(102)118)85-58-54-82(55-59-85)97-74-75-98(100-40-13-12-39-99(97)100)83-56-60-90(61-57-83)123-110-50-23-19-46-106(110)121(114-73-71-92(78-116(114)123)80-30-6-2-7-31-80)89-68-64-87(65-69-89)119-107-47-20-24-51-111(107)124(112-52-25-21-48-108(112)119)94-37-26-36-93(76-94)96-53-27-35-81-32-10-11-38-95(81)96/h1-2,4-8,10-78H,3,9H2. The van der Waals surface area contributed by atoms with E-state index in [9.17, 15) is 0 Å². The molecule has 1 aliphatic carbocycles. The zero-order valence-corrected chi connectivity index (χ0v) is 68.3. The van der Waals surface area contributed by atoms with Crippen LogP contribution in [0.3, 0.4) is 0 Å². The lowest BCUT2D eigenvalue weighted by molar-refractivity contribution is 1.04. The Kier molecular flexibility index (Phi) is 17.5. The number of benzene rings is 23. The van der Waals surface area contributed by atoms with Gasteiger partial charge in [-0.1, -0.05) is 443 Å². The van der Waals surface area contributed by atoms with Gasteiger partial charge in [0.05, 0.1) is 0 Å². The van der Waals surface area contributed by atoms with E-state index in [-0.39, 0.29) is 0 Å². The van der Waals surface area contributed by atoms with E-state index in [0.717, 1.165) is 12.8 Å². The van der Waals surface area contributed by atoms with Crippen LogP contribution in [0.15, 0.2) is 461 Å². The van der Waals surface area contributed by atoms with Gasteiger partial charge in [0, 0.05) is 0 Å². The normalized spacial score (nSPS) is 12.3. The summed E-state index contributed by atoms with van der Waals surface area (Å²) in [6.07, 6.45) is 9.22. The monoisotopic (exact) mass is 1570 g/mol. The highest BCUT2D eigenvalue weighted by Gasteiger charge is 2.25. The third kappa shape index (κ3) is 12.1. The quantitative estimate of drug-likeness (QED) is 0.101. The largest absolute Gasteiger partial charge is 0.0836 e. The fraction of sp³-hybridized carbons (Fsp3) is 0.0161. The Bertz CT molecular complexity index is 8210. The summed E-state index contributed by atoms with van der Waals surface area (Å²) in [5.41, 5.74) is 31.7. The number of hydrogen-bond acceptors (Lipinski definition) is 0. The van der Waals surface area contributed by atoms with Crippen LogP contribution >= 0.6 is 0 Å². The first-order valence-corrected chi connectivity index (χ1v) is 43.4. The van der Waals surface area contributed by atoms with Gasteiger partial charge < -0.3 is 0 Å². The minimum atomic E-state index is 1.04. The molecule has 0 spiro atoms. The third-order valence-electron chi connectivity index (χ3n) is 26.5. The highest BCUT2D eigenvalue weighted by molar-refractivity contribution is 6.27. The number of hydrogen-bond donors (Lipinski definition) is 0. The van der Waals surface area contributed by atoms with Crippen LogP contribution in [0, 0.1) is 0 Å². The van der Waals surface area contributed by atoms with Gasteiger partial charge in [-0.25, -0.2) is 0 Å². The Morgan fingerprint density at radius 1 is 0.129 bits per heavy atom. The minimum Gasteiger partial charge on any atom is -0.0836 e. The van der Waals surface area contributed by atoms with Crippen LogP contribution in [0.5, 0.6) is 0 Å². The molecular weight excluding hydrogens is 1490 g/mol. The maximum atomic E-state index is 2.44. The number of allylic oxidation sites excluding steroid dienone is 4. The first-order valence-electron chi connectivity index (χ1n) is 43.4. The molecule has 124 heavy (non-hydrogen) atoms. The molecule has 0 aromatic heterocycles. The Balaban J connectivity index is 0.562. The highest BCUT2D eigenvalue weighted by atomic mass is 14.3. The molecular formula is C124H80. The van der Waals surface area contributed by atoms with Gasteiger partial charge >= 0.3 is 0 Å². The lowest BCUT2D eigenvalue weighted by Gasteiger charge is -2.21. The molecule has 0 unspecified atom stereocenters. The maximum Gasteiger partial charge on any atom is -0.00261 e. The van der Waals surface area contributed by atoms with E-state index in [1.807, 2.05) is 0 Å². The van der Waals surface area contributed by atoms with Gasteiger partial charge in [0.15, 0.2) is 0 Å². The van der Waals surface area contributed by atoms with Crippen LogP contribution in [0.4, 0.5) is 0 Å². The molecule has 0 radical (unpaired) electrons. The lowest BCUT2D eigenvalue weighted by atomic mass is 9.83. The summed E-state index contributed by atoms with van der Waals surface area (Å²) in [5.74, 6) is 0. The molecule has 0 nitrogen and oxygen atoms in total. The molecule has 1 aliphatic rings. The molecule has 0 N–H and O–H groups in total. The van der Waals surface area contributed by atoms with Gasteiger partial charge in [-0.15, -0.1) is 0 Å². The van der Waals surface area contributed by atoms with Crippen LogP contribution in [-0.2, 0) is 0 Å². The summed E-state index contributed by atoms with van der Waals surface area (Å²) in [6, 6.07) is 166. The van der Waals surface area contributed by atoms with Crippen LogP contribution < -0.4 is 0 Å². The van der Waals surface area contributed by atoms with Gasteiger partial charge in [0.1, 0.15) is 0 Å². The fourth-order valence-electron chi connectivity index (χ4n) is 20.9. The smallest absolute Gasteiger partial charge is 0.00261 e. The second kappa shape index (κ2) is 30.1. The van der Waals surface area contributed by atoms with Crippen molar-refractivity contribution < 1.29 is 0 Å². The Hall–Kier alpha value is -15.9. The van der Waals surface area contributed by atoms with Gasteiger partial charge in [-0.05, 0) is 283 Å². The summed E-state index contributed by atoms with van der Waals surface area (Å²) >= 11 is 0. The van der Waals surface area contributed by atoms with E-state index in [1.165, 1.54) is 252 Å². The van der Waals surface area contributed by atoms with E-state index >= 15 is 0 Å². The number of fused-ring (bicyclic) bond motifs is 10. The first kappa shape index (κ1) is 72.2. The molecule has 24 rings (SSSR count). The predicted octanol–water partition coefficient (Wildman–Crippen LogP) is 35.0. The zero-order valence-electron chi connectivity index (χ0n) is 68.3. The molecule has 23 aromatic rings. The van der Waals surface area contributed by atoms with Crippen molar-refractivity contribution in [1.82, 2.24) is 0 Å². The average Bonchev–Trinajstić information content (AvgIpc) is 0.734. The molecule has 576 valence electrons. The molecule has 0 heteroatoms. The summed E-state index contributed by atoms with van der Waals surface area (Å²) < 4.78 is 0. The molecule has 0 heterocycles. The van der Waals surface area contributed by atoms with E-state index in [1.54, 1.807) is 0 Å². The second-order valence-electron chi connectivity index (χ2n) is 33.3. The van der Waals surface area contributed by atoms with E-state index < -0.39 is 0 Å². The van der Waals surface area contributed by atoms with Crippen LogP contribution in [0.1, 0.15) is 18.4 Å². The van der Waals surface area contributed by atoms with Crippen molar-refractivity contribution in [2.45, 2.75) is 12.8 Å². The summed E-state index contributed by atoms with van der Waals surface area (Å²) in [6.45, 7) is 0. The maximum absolute atomic E-state index is 2.44. The van der Waals surface area contributed by atoms with Crippen LogP contribution in [0.25, 0.3) is 247 Å². The van der Waals surface area contributed by atoms with Crippen molar-refractivity contribution in [3.63, 3.8) is 0 Å². The summed E-state index contributed by atoms with van der Waals surface area (Å²) in [4.78, 5) is 0. The van der Waals surface area contributed by atoms with Crippen molar-refractivity contribution in [3.8, 4) is 134 Å². The van der Waals surface area contributed by atoms with Crippen LogP contribution in [-0.4, -0.2) is 0 Å². The Morgan fingerprint density at radius 3 is 0.758 bits per heavy atom. The highest BCUT2D eigenvalue weighted by Crippen LogP contribution is 2.52. The average molecular weight is 1570 g/mol. The first-order chi connectivity index (χ1) is 61.5. The van der Waals surface area contributed by atoms with Gasteiger partial charge in [-0.3, -0.25) is 0 Å². The van der Waals surface area contributed by atoms with Gasteiger partial charge in [-0.2, -0.15) is 0 Å². The molecule has 0 atom stereocenters. The second-order valence-corrected chi connectivity index (χ2v) is 33.3. The fourth-order valence-corrected chi connectivity index (χ4v) is 20.9. The van der Waals surface area contributed by atoms with Crippen molar-refractivity contribution in [1.29, 1.82) is 0 Å². The predicted molar refractivity (Wildman–Crippen MR) is 533 cm³/mol. The molecule has 0 amide bonds. The summed E-state index contributed by atoms with van der Waals surface area (Å²) in [7, 11) is 0. The molecule has 0 fully saturated rings. The van der Waals surface area contributed by atoms with E-state index in [2.05, 4.69) is 461 Å². The summed E-state index contributed by atoms with van der Waals surface area (Å²) in [5, 5.41) is 24.8. The molecule has 0 bridgehead atoms. The van der Waals surface area contributed by atoms with Crippen molar-refractivity contribution in [3.05, 3.63) is 467 Å². The van der Waals surface area contributed by atoms with Crippen molar-refractivity contribution >= 4 is 113 Å². The molecule has 23 aromatic carbocycles. The number of rotatable bonds is 13. The zero-order chi connectivity index (χ0) is 81.7. The Morgan fingerprint density at radius 2 is 0.387 bits per heavy atom. The van der Waals surface area contributed by atoms with Crippen molar-refractivity contribution in [2.24, 2.45) is 0 Å². The Labute approximate surface area is 721 Å². The van der Waals surface area contributed by atoms with E-state index in [0.29, 0.717) is 0 Å². The van der Waals surface area contributed by atoms with E-state index in [4.69, 9.17) is 0 Å². The SMILES string of the molecule is C1=CC(c2c3ccccc3c(-c3ccc(-c4c5ccccc5c(-c5ccc(-c6ccc(-c7ccc(-c8c9ccccc9c(-c9ccc(-c%10c%11ccccc%11c(-c%11cccc(-c%12cccc%13ccccc%12%13)c%11)c%11ccccc%10%11)cc9)c9ccc(-c%10ccccc%10)cc89)cc7)c7ccccc67)cc5)c5ccccc45)cc3)c3ccc(-c4ccccc4)cc23)=CCC1.